The molecule has 1 N–H and O–H groups in total. The van der Waals surface area contributed by atoms with Crippen molar-refractivity contribution in [1.29, 1.82) is 0 Å². The molecule has 0 saturated carbocycles. The van der Waals surface area contributed by atoms with Crippen LogP contribution in [0.15, 0.2) is 71.6 Å². The number of nitrogens with zero attached hydrogens (tertiary/aromatic N) is 1. The van der Waals surface area contributed by atoms with Gasteiger partial charge in [0.25, 0.3) is 10.0 Å². The zero-order valence-corrected chi connectivity index (χ0v) is 22.5. The maximum absolute atomic E-state index is 13.6. The van der Waals surface area contributed by atoms with E-state index in [-0.39, 0.29) is 28.8 Å². The summed E-state index contributed by atoms with van der Waals surface area (Å²) in [7, 11) is -3.95. The van der Waals surface area contributed by atoms with Gasteiger partial charge in [0.05, 0.1) is 16.6 Å². The quantitative estimate of drug-likeness (QED) is 0.441. The van der Waals surface area contributed by atoms with Gasteiger partial charge in [-0.1, -0.05) is 80.4 Å². The lowest BCUT2D eigenvalue weighted by atomic mass is 9.86. The van der Waals surface area contributed by atoms with E-state index in [2.05, 4.69) is 38.2 Å². The summed E-state index contributed by atoms with van der Waals surface area (Å²) in [5.41, 5.74) is 5.49. The average molecular weight is 493 g/mol. The Balaban J connectivity index is 1.88. The van der Waals surface area contributed by atoms with E-state index < -0.39 is 10.0 Å². The SMILES string of the molecule is Cc1ccc(S(=O)(=O)N(CC(=O)N[C@H](C)c2ccc(C(C)(C)C)cc2)c2ccc(C)cc2C)cc1. The van der Waals surface area contributed by atoms with Gasteiger partial charge in [0, 0.05) is 0 Å². The number of carbonyl (C=O) groups is 1. The molecule has 0 heterocycles. The van der Waals surface area contributed by atoms with Crippen LogP contribution in [0.4, 0.5) is 5.69 Å². The van der Waals surface area contributed by atoms with Crippen LogP contribution in [-0.4, -0.2) is 20.9 Å². The Bertz CT molecular complexity index is 1290. The standard InChI is InChI=1S/C29H36N2O3S/c1-20-8-15-26(16-9-20)35(33,34)31(27-17-10-21(2)18-22(27)3)19-28(32)30-23(4)24-11-13-25(14-12-24)29(5,6)7/h8-18,23H,19H2,1-7H3,(H,30,32)/t23-/m1/s1. The maximum atomic E-state index is 13.6. The first kappa shape index (κ1) is 26.5. The number of hydrogen-bond acceptors (Lipinski definition) is 3. The fourth-order valence-corrected chi connectivity index (χ4v) is 5.48. The van der Waals surface area contributed by atoms with E-state index in [1.54, 1.807) is 30.3 Å². The molecule has 5 nitrogen and oxygen atoms in total. The molecule has 3 aromatic rings. The zero-order valence-electron chi connectivity index (χ0n) is 21.7. The number of carbonyl (C=O) groups excluding carboxylic acids is 1. The Hall–Kier alpha value is -3.12. The first-order valence-corrected chi connectivity index (χ1v) is 13.3. The summed E-state index contributed by atoms with van der Waals surface area (Å²) in [5.74, 6) is -0.368. The van der Waals surface area contributed by atoms with E-state index in [1.165, 1.54) is 9.87 Å². The van der Waals surface area contributed by atoms with Crippen LogP contribution in [0.1, 0.15) is 61.6 Å². The third kappa shape index (κ3) is 6.31. The molecule has 1 atom stereocenters. The largest absolute Gasteiger partial charge is 0.348 e. The first-order chi connectivity index (χ1) is 16.3. The van der Waals surface area contributed by atoms with Crippen molar-refractivity contribution in [2.24, 2.45) is 0 Å². The predicted octanol–water partition coefficient (Wildman–Crippen LogP) is 5.98. The van der Waals surface area contributed by atoms with Crippen molar-refractivity contribution < 1.29 is 13.2 Å². The van der Waals surface area contributed by atoms with E-state index >= 15 is 0 Å². The monoisotopic (exact) mass is 492 g/mol. The van der Waals surface area contributed by atoms with Gasteiger partial charge in [0.15, 0.2) is 0 Å². The second kappa shape index (κ2) is 10.2. The van der Waals surface area contributed by atoms with Crippen molar-refractivity contribution in [2.75, 3.05) is 10.8 Å². The molecule has 3 rings (SSSR count). The molecule has 35 heavy (non-hydrogen) atoms. The Kier molecular flexibility index (Phi) is 7.75. The van der Waals surface area contributed by atoms with Crippen LogP contribution in [0.2, 0.25) is 0 Å². The van der Waals surface area contributed by atoms with Crippen LogP contribution in [0, 0.1) is 20.8 Å². The molecule has 0 fully saturated rings. The highest BCUT2D eigenvalue weighted by atomic mass is 32.2. The zero-order chi connectivity index (χ0) is 26.0. The van der Waals surface area contributed by atoms with E-state index in [0.717, 1.165) is 22.3 Å². The highest BCUT2D eigenvalue weighted by Crippen LogP contribution is 2.28. The van der Waals surface area contributed by atoms with Gasteiger partial charge in [-0.25, -0.2) is 8.42 Å². The Labute approximate surface area is 210 Å². The van der Waals surface area contributed by atoms with Crippen LogP contribution in [-0.2, 0) is 20.2 Å². The minimum atomic E-state index is -3.95. The van der Waals surface area contributed by atoms with Gasteiger partial charge in [0.2, 0.25) is 5.91 Å². The summed E-state index contributed by atoms with van der Waals surface area (Å²) < 4.78 is 28.5. The molecule has 186 valence electrons. The highest BCUT2D eigenvalue weighted by molar-refractivity contribution is 7.92. The van der Waals surface area contributed by atoms with Crippen molar-refractivity contribution >= 4 is 21.6 Å². The Morgan fingerprint density at radius 3 is 2.00 bits per heavy atom. The van der Waals surface area contributed by atoms with Crippen LogP contribution < -0.4 is 9.62 Å². The third-order valence-electron chi connectivity index (χ3n) is 6.17. The van der Waals surface area contributed by atoms with Gasteiger partial charge in [-0.05, 0) is 68.0 Å². The minimum absolute atomic E-state index is 0.0434. The topological polar surface area (TPSA) is 66.5 Å². The molecule has 0 bridgehead atoms. The number of rotatable bonds is 7. The summed E-state index contributed by atoms with van der Waals surface area (Å²) in [6.07, 6.45) is 0. The fourth-order valence-electron chi connectivity index (χ4n) is 4.00. The van der Waals surface area contributed by atoms with Crippen molar-refractivity contribution in [3.05, 3.63) is 94.5 Å². The second-order valence-corrected chi connectivity index (χ2v) is 12.1. The van der Waals surface area contributed by atoms with E-state index in [9.17, 15) is 13.2 Å². The molecule has 0 aliphatic carbocycles. The summed E-state index contributed by atoms with van der Waals surface area (Å²) >= 11 is 0. The van der Waals surface area contributed by atoms with Crippen molar-refractivity contribution in [3.8, 4) is 0 Å². The lowest BCUT2D eigenvalue weighted by molar-refractivity contribution is -0.120. The number of anilines is 1. The summed E-state index contributed by atoms with van der Waals surface area (Å²) in [6, 6.07) is 20.1. The van der Waals surface area contributed by atoms with Gasteiger partial charge in [-0.15, -0.1) is 0 Å². The summed E-state index contributed by atoms with van der Waals surface area (Å²) in [6.45, 7) is 13.8. The molecule has 0 radical (unpaired) electrons. The predicted molar refractivity (Wildman–Crippen MR) is 143 cm³/mol. The third-order valence-corrected chi connectivity index (χ3v) is 7.95. The van der Waals surface area contributed by atoms with Crippen LogP contribution in [0.5, 0.6) is 0 Å². The highest BCUT2D eigenvalue weighted by Gasteiger charge is 2.29. The Morgan fingerprint density at radius 2 is 1.46 bits per heavy atom. The molecule has 6 heteroatoms. The summed E-state index contributed by atoms with van der Waals surface area (Å²) in [5, 5.41) is 2.97. The van der Waals surface area contributed by atoms with Crippen LogP contribution in [0.25, 0.3) is 0 Å². The molecule has 1 amide bonds. The van der Waals surface area contributed by atoms with Gasteiger partial charge in [0.1, 0.15) is 6.54 Å². The van der Waals surface area contributed by atoms with E-state index in [1.807, 2.05) is 52.0 Å². The molecule has 0 aliphatic rings. The smallest absolute Gasteiger partial charge is 0.264 e. The molecule has 3 aromatic carbocycles. The molecule has 0 aliphatic heterocycles. The number of aryl methyl sites for hydroxylation is 3. The number of hydrogen-bond donors (Lipinski definition) is 1. The number of amides is 1. The molecule has 0 aromatic heterocycles. The lowest BCUT2D eigenvalue weighted by Gasteiger charge is -2.27. The molecular weight excluding hydrogens is 456 g/mol. The van der Waals surface area contributed by atoms with Gasteiger partial charge < -0.3 is 5.32 Å². The average Bonchev–Trinajstić information content (AvgIpc) is 2.77. The first-order valence-electron chi connectivity index (χ1n) is 11.9. The van der Waals surface area contributed by atoms with Crippen molar-refractivity contribution in [1.82, 2.24) is 5.32 Å². The van der Waals surface area contributed by atoms with Crippen LogP contribution in [0.3, 0.4) is 0 Å². The second-order valence-electron chi connectivity index (χ2n) is 10.3. The lowest BCUT2D eigenvalue weighted by Crippen LogP contribution is -2.42. The minimum Gasteiger partial charge on any atom is -0.348 e. The van der Waals surface area contributed by atoms with Gasteiger partial charge in [-0.3, -0.25) is 9.10 Å². The molecule has 0 saturated heterocycles. The molecule has 0 spiro atoms. The van der Waals surface area contributed by atoms with Crippen molar-refractivity contribution in [2.45, 2.75) is 64.8 Å². The number of benzene rings is 3. The number of nitrogens with one attached hydrogen (secondary N) is 1. The normalized spacial score (nSPS) is 12.8. The molecular formula is C29H36N2O3S. The van der Waals surface area contributed by atoms with E-state index in [0.29, 0.717) is 5.69 Å². The van der Waals surface area contributed by atoms with E-state index in [4.69, 9.17) is 0 Å². The maximum Gasteiger partial charge on any atom is 0.264 e. The van der Waals surface area contributed by atoms with Crippen LogP contribution >= 0.6 is 0 Å². The van der Waals surface area contributed by atoms with Gasteiger partial charge in [-0.2, -0.15) is 0 Å². The number of sulfonamides is 1. The Morgan fingerprint density at radius 1 is 0.886 bits per heavy atom. The van der Waals surface area contributed by atoms with Gasteiger partial charge >= 0.3 is 0 Å². The fraction of sp³-hybridized carbons (Fsp3) is 0.345. The summed E-state index contributed by atoms with van der Waals surface area (Å²) in [4.78, 5) is 13.3. The van der Waals surface area contributed by atoms with Crippen molar-refractivity contribution in [3.63, 3.8) is 0 Å². The molecule has 0 unspecified atom stereocenters.